The number of hydrogen-bond acceptors (Lipinski definition) is 3. The summed E-state index contributed by atoms with van der Waals surface area (Å²) >= 11 is 0. The quantitative estimate of drug-likeness (QED) is 0.584. The first-order chi connectivity index (χ1) is 5.38. The van der Waals surface area contributed by atoms with Crippen molar-refractivity contribution in [2.45, 2.75) is 0 Å². The first-order valence-electron chi connectivity index (χ1n) is 3.42. The van der Waals surface area contributed by atoms with E-state index in [4.69, 9.17) is 10.1 Å². The second-order valence-corrected chi connectivity index (χ2v) is 2.34. The molecular formula is C8H8N2O. The molecule has 0 bridgehead atoms. The Balaban J connectivity index is 2.52. The van der Waals surface area contributed by atoms with Crippen LogP contribution in [0, 0.1) is 5.41 Å². The predicted octanol–water partition coefficient (Wildman–Crippen LogP) is 1.41. The molecule has 2 rings (SSSR count). The van der Waals surface area contributed by atoms with E-state index < -0.39 is 0 Å². The van der Waals surface area contributed by atoms with Crippen molar-refractivity contribution in [3.63, 3.8) is 0 Å². The molecule has 56 valence electrons. The average Bonchev–Trinajstić information content (AvgIpc) is 2.06. The van der Waals surface area contributed by atoms with Crippen molar-refractivity contribution in [1.82, 2.24) is 0 Å². The van der Waals surface area contributed by atoms with Gasteiger partial charge in [-0.3, -0.25) is 5.41 Å². The molecule has 0 atom stereocenters. The molecule has 0 saturated heterocycles. The van der Waals surface area contributed by atoms with Crippen LogP contribution >= 0.6 is 0 Å². The van der Waals surface area contributed by atoms with Gasteiger partial charge < -0.3 is 10.1 Å². The first kappa shape index (κ1) is 6.22. The van der Waals surface area contributed by atoms with E-state index in [1.807, 2.05) is 24.3 Å². The van der Waals surface area contributed by atoms with E-state index in [1.54, 1.807) is 0 Å². The molecule has 0 aliphatic carbocycles. The summed E-state index contributed by atoms with van der Waals surface area (Å²) in [6, 6.07) is 7.63. The maximum atomic E-state index is 7.41. The lowest BCUT2D eigenvalue weighted by Gasteiger charge is -2.18. The molecule has 1 aromatic rings. The van der Waals surface area contributed by atoms with Crippen molar-refractivity contribution in [2.24, 2.45) is 0 Å². The first-order valence-corrected chi connectivity index (χ1v) is 3.42. The molecule has 0 fully saturated rings. The Kier molecular flexibility index (Phi) is 1.28. The van der Waals surface area contributed by atoms with Crippen molar-refractivity contribution in [3.8, 4) is 0 Å². The van der Waals surface area contributed by atoms with Crippen LogP contribution < -0.4 is 5.32 Å². The molecule has 1 aliphatic rings. The van der Waals surface area contributed by atoms with Crippen LogP contribution in [0.1, 0.15) is 5.56 Å². The highest BCUT2D eigenvalue weighted by atomic mass is 16.5. The number of benzene rings is 1. The van der Waals surface area contributed by atoms with Crippen LogP contribution in [0.3, 0.4) is 0 Å². The van der Waals surface area contributed by atoms with Crippen LogP contribution in [0.15, 0.2) is 24.3 Å². The van der Waals surface area contributed by atoms with Crippen LogP contribution in [0.25, 0.3) is 0 Å². The van der Waals surface area contributed by atoms with E-state index in [-0.39, 0.29) is 5.90 Å². The van der Waals surface area contributed by atoms with Gasteiger partial charge in [-0.15, -0.1) is 0 Å². The molecular weight excluding hydrogens is 140 g/mol. The molecule has 3 heteroatoms. The van der Waals surface area contributed by atoms with Crippen LogP contribution in [0.4, 0.5) is 5.69 Å². The SMILES string of the molecule is N=C1OCNc2ccccc21. The van der Waals surface area contributed by atoms with Crippen molar-refractivity contribution in [3.05, 3.63) is 29.8 Å². The second kappa shape index (κ2) is 2.27. The van der Waals surface area contributed by atoms with E-state index in [0.29, 0.717) is 6.73 Å². The smallest absolute Gasteiger partial charge is 0.217 e. The zero-order valence-corrected chi connectivity index (χ0v) is 5.92. The highest BCUT2D eigenvalue weighted by Gasteiger charge is 2.12. The van der Waals surface area contributed by atoms with Crippen LogP contribution in [-0.2, 0) is 4.74 Å². The van der Waals surface area contributed by atoms with E-state index in [0.717, 1.165) is 11.3 Å². The van der Waals surface area contributed by atoms with Crippen LogP contribution in [0.5, 0.6) is 0 Å². The molecule has 2 N–H and O–H groups in total. The fourth-order valence-electron chi connectivity index (χ4n) is 1.10. The van der Waals surface area contributed by atoms with E-state index in [1.165, 1.54) is 0 Å². The third kappa shape index (κ3) is 0.941. The number of hydrogen-bond donors (Lipinski definition) is 2. The third-order valence-electron chi connectivity index (χ3n) is 1.65. The molecule has 0 unspecified atom stereocenters. The van der Waals surface area contributed by atoms with E-state index in [2.05, 4.69) is 5.32 Å². The van der Waals surface area contributed by atoms with Gasteiger partial charge in [0, 0.05) is 5.69 Å². The summed E-state index contributed by atoms with van der Waals surface area (Å²) in [5.41, 5.74) is 1.81. The number of rotatable bonds is 0. The highest BCUT2D eigenvalue weighted by Crippen LogP contribution is 2.18. The molecule has 1 aromatic carbocycles. The largest absolute Gasteiger partial charge is 0.456 e. The number of ether oxygens (including phenoxy) is 1. The summed E-state index contributed by atoms with van der Waals surface area (Å²) in [7, 11) is 0. The Morgan fingerprint density at radius 3 is 3.00 bits per heavy atom. The van der Waals surface area contributed by atoms with Gasteiger partial charge in [-0.1, -0.05) is 12.1 Å². The summed E-state index contributed by atoms with van der Waals surface area (Å²) < 4.78 is 4.98. The number of anilines is 1. The Morgan fingerprint density at radius 2 is 2.18 bits per heavy atom. The third-order valence-corrected chi connectivity index (χ3v) is 1.65. The van der Waals surface area contributed by atoms with Gasteiger partial charge in [0.1, 0.15) is 0 Å². The fraction of sp³-hybridized carbons (Fsp3) is 0.125. The zero-order valence-electron chi connectivity index (χ0n) is 5.92. The number of nitrogens with one attached hydrogen (secondary N) is 2. The number of para-hydroxylation sites is 1. The molecule has 11 heavy (non-hydrogen) atoms. The summed E-state index contributed by atoms with van der Waals surface area (Å²) in [6.45, 7) is 0.399. The van der Waals surface area contributed by atoms with Gasteiger partial charge >= 0.3 is 0 Å². The lowest BCUT2D eigenvalue weighted by atomic mass is 10.1. The van der Waals surface area contributed by atoms with Gasteiger partial charge in [0.05, 0.1) is 5.56 Å². The minimum absolute atomic E-state index is 0.249. The maximum Gasteiger partial charge on any atom is 0.217 e. The van der Waals surface area contributed by atoms with Gasteiger partial charge in [0.25, 0.3) is 0 Å². The Bertz CT molecular complexity index is 296. The van der Waals surface area contributed by atoms with Crippen molar-refractivity contribution >= 4 is 11.6 Å². The lowest BCUT2D eigenvalue weighted by Crippen LogP contribution is -2.20. The Hall–Kier alpha value is -1.51. The van der Waals surface area contributed by atoms with Gasteiger partial charge in [-0.05, 0) is 12.1 Å². The standard InChI is InChI=1S/C8H8N2O/c9-8-6-3-1-2-4-7(6)10-5-11-8/h1-4,9-10H,5H2. The zero-order chi connectivity index (χ0) is 7.68. The van der Waals surface area contributed by atoms with Crippen molar-refractivity contribution in [1.29, 1.82) is 5.41 Å². The van der Waals surface area contributed by atoms with E-state index in [9.17, 15) is 0 Å². The Morgan fingerprint density at radius 1 is 1.36 bits per heavy atom. The molecule has 1 aliphatic heterocycles. The molecule has 0 saturated carbocycles. The minimum Gasteiger partial charge on any atom is -0.456 e. The van der Waals surface area contributed by atoms with Gasteiger partial charge in [0.2, 0.25) is 5.90 Å². The van der Waals surface area contributed by atoms with E-state index >= 15 is 0 Å². The predicted molar refractivity (Wildman–Crippen MR) is 42.8 cm³/mol. The fourth-order valence-corrected chi connectivity index (χ4v) is 1.10. The molecule has 3 nitrogen and oxygen atoms in total. The molecule has 0 aromatic heterocycles. The van der Waals surface area contributed by atoms with Crippen molar-refractivity contribution < 1.29 is 4.74 Å². The maximum absolute atomic E-state index is 7.41. The monoisotopic (exact) mass is 148 g/mol. The second-order valence-electron chi connectivity index (χ2n) is 2.34. The summed E-state index contributed by atoms with van der Waals surface area (Å²) in [6.07, 6.45) is 0. The highest BCUT2D eigenvalue weighted by molar-refractivity contribution is 5.98. The summed E-state index contributed by atoms with van der Waals surface area (Å²) in [4.78, 5) is 0. The molecule has 1 heterocycles. The minimum atomic E-state index is 0.249. The Labute approximate surface area is 64.5 Å². The van der Waals surface area contributed by atoms with Gasteiger partial charge in [-0.2, -0.15) is 0 Å². The van der Waals surface area contributed by atoms with Crippen molar-refractivity contribution in [2.75, 3.05) is 12.0 Å². The molecule has 0 amide bonds. The van der Waals surface area contributed by atoms with Gasteiger partial charge in [0.15, 0.2) is 6.73 Å². The molecule has 0 radical (unpaired) electrons. The summed E-state index contributed by atoms with van der Waals surface area (Å²) in [5.74, 6) is 0.249. The molecule has 0 spiro atoms. The number of fused-ring (bicyclic) bond motifs is 1. The lowest BCUT2D eigenvalue weighted by molar-refractivity contribution is 0.326. The van der Waals surface area contributed by atoms with Crippen LogP contribution in [-0.4, -0.2) is 12.6 Å². The van der Waals surface area contributed by atoms with Gasteiger partial charge in [-0.25, -0.2) is 0 Å². The summed E-state index contributed by atoms with van der Waals surface area (Å²) in [5, 5.41) is 10.4. The van der Waals surface area contributed by atoms with Crippen LogP contribution in [0.2, 0.25) is 0 Å². The average molecular weight is 148 g/mol. The topological polar surface area (TPSA) is 45.1 Å². The normalized spacial score (nSPS) is 14.7.